The highest BCUT2D eigenvalue weighted by Gasteiger charge is 2.52. The molecule has 286 valence electrons. The lowest BCUT2D eigenvalue weighted by atomic mass is 10.0. The Kier molecular flexibility index (Phi) is 12.8. The van der Waals surface area contributed by atoms with E-state index >= 15 is 0 Å². The first-order valence-corrected chi connectivity index (χ1v) is 17.6. The molecule has 2 aliphatic rings. The minimum absolute atomic E-state index is 0.101. The molecule has 2 aliphatic heterocycles. The predicted molar refractivity (Wildman–Crippen MR) is 173 cm³/mol. The molecule has 0 radical (unpaired) electrons. The lowest BCUT2D eigenvalue weighted by molar-refractivity contribution is -0.0302. The summed E-state index contributed by atoms with van der Waals surface area (Å²) in [6.45, 7) is 3.61. The van der Waals surface area contributed by atoms with Gasteiger partial charge in [-0.3, -0.25) is 37.7 Å². The van der Waals surface area contributed by atoms with Gasteiger partial charge in [-0.05, 0) is 33.8 Å². The van der Waals surface area contributed by atoms with Gasteiger partial charge < -0.3 is 39.0 Å². The monoisotopic (exact) mass is 760 g/mol. The minimum Gasteiger partial charge on any atom is -0.502 e. The average Bonchev–Trinajstić information content (AvgIpc) is 3.54. The number of hydrogen-bond donors (Lipinski definition) is 2. The maximum Gasteiger partial charge on any atom is 0.510 e. The second-order valence-electron chi connectivity index (χ2n) is 12.1. The van der Waals surface area contributed by atoms with Crippen molar-refractivity contribution in [2.45, 2.75) is 58.5 Å². The van der Waals surface area contributed by atoms with E-state index in [1.165, 1.54) is 17.0 Å². The Morgan fingerprint density at radius 2 is 1.65 bits per heavy atom. The van der Waals surface area contributed by atoms with E-state index in [1.807, 2.05) is 0 Å². The molecule has 1 spiro atoms. The van der Waals surface area contributed by atoms with Crippen LogP contribution in [0.25, 0.3) is 0 Å². The van der Waals surface area contributed by atoms with Crippen LogP contribution >= 0.6 is 7.60 Å². The standard InChI is InChI=1S/C31H39F2N4O14P/c1-18(2)50-29(42)46-16-48-52(44,49-17-47-30(43)51-19(3)4)11-9-37-31(8-10-45-15-31)35(5)28(41)24-26(39)25(38)22(14-36(24)37)27(40)34-13-20-6-7-21(32)12-23(20)33/h6-7,12,14,18-19,39H,8-11,13,15-17H2,1-5H3,(H,34,40)/t31-/m1/s1. The first-order chi connectivity index (χ1) is 24.5. The molecule has 3 heterocycles. The molecule has 21 heteroatoms. The second kappa shape index (κ2) is 16.7. The van der Waals surface area contributed by atoms with Gasteiger partial charge in [-0.25, -0.2) is 18.4 Å². The van der Waals surface area contributed by atoms with Crippen molar-refractivity contribution in [3.05, 3.63) is 63.1 Å². The van der Waals surface area contributed by atoms with Gasteiger partial charge in [0, 0.05) is 44.4 Å². The Labute approximate surface area is 295 Å². The molecule has 52 heavy (non-hydrogen) atoms. The van der Waals surface area contributed by atoms with Crippen molar-refractivity contribution in [3.63, 3.8) is 0 Å². The number of likely N-dealkylation sites (N-methyl/N-ethyl adjacent to an activating group) is 1. The van der Waals surface area contributed by atoms with E-state index < -0.39 is 110 Å². The van der Waals surface area contributed by atoms with Crippen molar-refractivity contribution in [2.75, 3.05) is 51.6 Å². The summed E-state index contributed by atoms with van der Waals surface area (Å²) in [5.74, 6) is -4.78. The van der Waals surface area contributed by atoms with Gasteiger partial charge in [0.2, 0.25) is 19.0 Å². The average molecular weight is 761 g/mol. The molecule has 1 fully saturated rings. The highest BCUT2D eigenvalue weighted by Crippen LogP contribution is 2.49. The Balaban J connectivity index is 1.67. The maximum absolute atomic E-state index is 14.2. The Bertz CT molecular complexity index is 1750. The van der Waals surface area contributed by atoms with E-state index in [-0.39, 0.29) is 31.7 Å². The first kappa shape index (κ1) is 40.0. The number of nitrogens with one attached hydrogen (secondary N) is 1. The molecule has 2 amide bonds. The van der Waals surface area contributed by atoms with Crippen LogP contribution in [-0.2, 0) is 43.8 Å². The van der Waals surface area contributed by atoms with Crippen molar-refractivity contribution in [2.24, 2.45) is 0 Å². The Morgan fingerprint density at radius 1 is 1.04 bits per heavy atom. The van der Waals surface area contributed by atoms with Crippen LogP contribution in [0.5, 0.6) is 5.75 Å². The molecule has 0 aliphatic carbocycles. The largest absolute Gasteiger partial charge is 0.510 e. The van der Waals surface area contributed by atoms with E-state index in [1.54, 1.807) is 27.7 Å². The second-order valence-corrected chi connectivity index (χ2v) is 14.2. The summed E-state index contributed by atoms with van der Waals surface area (Å²) in [5.41, 5.74) is -3.88. The number of benzene rings is 1. The molecule has 2 aromatic rings. The van der Waals surface area contributed by atoms with Crippen molar-refractivity contribution in [1.29, 1.82) is 0 Å². The summed E-state index contributed by atoms with van der Waals surface area (Å²) in [7, 11) is -3.01. The Morgan fingerprint density at radius 3 is 2.19 bits per heavy atom. The molecular formula is C31H39F2N4O14P. The van der Waals surface area contributed by atoms with Gasteiger partial charge >= 0.3 is 19.9 Å². The number of aromatic nitrogens is 1. The van der Waals surface area contributed by atoms with Gasteiger partial charge in [0.1, 0.15) is 17.2 Å². The van der Waals surface area contributed by atoms with Crippen molar-refractivity contribution in [1.82, 2.24) is 14.9 Å². The predicted octanol–water partition coefficient (Wildman–Crippen LogP) is 3.17. The fraction of sp³-hybridized carbons (Fsp3) is 0.516. The third kappa shape index (κ3) is 9.17. The number of carbonyl (C=O) groups excluding carboxylic acids is 4. The van der Waals surface area contributed by atoms with Crippen LogP contribution in [0.3, 0.4) is 0 Å². The van der Waals surface area contributed by atoms with Crippen LogP contribution < -0.4 is 15.8 Å². The number of hydrogen-bond acceptors (Lipinski definition) is 15. The molecule has 0 unspecified atom stereocenters. The van der Waals surface area contributed by atoms with E-state index in [0.29, 0.717) is 6.07 Å². The quantitative estimate of drug-likeness (QED) is 0.161. The fourth-order valence-corrected chi connectivity index (χ4v) is 6.46. The fourth-order valence-electron chi connectivity index (χ4n) is 5.27. The van der Waals surface area contributed by atoms with E-state index in [2.05, 4.69) is 5.32 Å². The van der Waals surface area contributed by atoms with Gasteiger partial charge in [0.05, 0.1) is 31.6 Å². The van der Waals surface area contributed by atoms with E-state index in [9.17, 15) is 42.4 Å². The third-order valence-corrected chi connectivity index (χ3v) is 9.56. The number of halogens is 2. The summed E-state index contributed by atoms with van der Waals surface area (Å²) in [4.78, 5) is 65.2. The number of pyridine rings is 1. The summed E-state index contributed by atoms with van der Waals surface area (Å²) >= 11 is 0. The zero-order valence-electron chi connectivity index (χ0n) is 28.9. The number of ether oxygens (including phenoxy) is 5. The maximum atomic E-state index is 14.2. The minimum atomic E-state index is -4.41. The number of fused-ring (bicyclic) bond motifs is 1. The Hall–Kier alpha value is -4.78. The van der Waals surface area contributed by atoms with Gasteiger partial charge in [-0.2, -0.15) is 0 Å². The van der Waals surface area contributed by atoms with Crippen molar-refractivity contribution < 1.29 is 70.4 Å². The molecule has 4 rings (SSSR count). The molecule has 18 nitrogen and oxygen atoms in total. The van der Waals surface area contributed by atoms with Crippen LogP contribution in [-0.4, -0.2) is 103 Å². The summed E-state index contributed by atoms with van der Waals surface area (Å²) in [5, 5.41) is 14.7. The normalized spacial score (nSPS) is 17.1. The summed E-state index contributed by atoms with van der Waals surface area (Å²) < 4.78 is 78.3. The van der Waals surface area contributed by atoms with Crippen LogP contribution in [0.4, 0.5) is 18.4 Å². The highest BCUT2D eigenvalue weighted by atomic mass is 31.2. The van der Waals surface area contributed by atoms with Gasteiger partial charge in [0.15, 0.2) is 17.1 Å². The lowest BCUT2D eigenvalue weighted by Gasteiger charge is -2.52. The molecule has 1 atom stereocenters. The zero-order valence-corrected chi connectivity index (χ0v) is 29.8. The lowest BCUT2D eigenvalue weighted by Crippen LogP contribution is -2.70. The molecule has 1 aromatic carbocycles. The van der Waals surface area contributed by atoms with Crippen LogP contribution in [0.2, 0.25) is 0 Å². The first-order valence-electron chi connectivity index (χ1n) is 15.9. The summed E-state index contributed by atoms with van der Waals surface area (Å²) in [6, 6.07) is 2.69. The highest BCUT2D eigenvalue weighted by molar-refractivity contribution is 7.53. The van der Waals surface area contributed by atoms with Gasteiger partial charge in [0.25, 0.3) is 11.8 Å². The zero-order chi connectivity index (χ0) is 38.4. The van der Waals surface area contributed by atoms with Gasteiger partial charge in [-0.1, -0.05) is 6.07 Å². The summed E-state index contributed by atoms with van der Waals surface area (Å²) in [6.07, 6.45) is -2.80. The smallest absolute Gasteiger partial charge is 0.502 e. The van der Waals surface area contributed by atoms with Crippen LogP contribution in [0.1, 0.15) is 60.5 Å². The molecule has 1 aromatic heterocycles. The molecular weight excluding hydrogens is 721 g/mol. The third-order valence-electron chi connectivity index (χ3n) is 7.82. The molecule has 0 bridgehead atoms. The van der Waals surface area contributed by atoms with Crippen molar-refractivity contribution >= 4 is 31.7 Å². The number of rotatable bonds is 14. The topological polar surface area (TPSA) is 211 Å². The van der Waals surface area contributed by atoms with Gasteiger partial charge in [-0.15, -0.1) is 0 Å². The van der Waals surface area contributed by atoms with Crippen LogP contribution in [0, 0.1) is 11.6 Å². The molecule has 1 saturated heterocycles. The molecule has 0 saturated carbocycles. The molecule has 2 N–H and O–H groups in total. The van der Waals surface area contributed by atoms with Crippen molar-refractivity contribution in [3.8, 4) is 5.75 Å². The van der Waals surface area contributed by atoms with E-state index in [0.717, 1.165) is 23.0 Å². The number of aromatic hydroxyl groups is 1. The number of carbonyl (C=O) groups is 4. The SMILES string of the molecule is CC(C)OC(=O)OCOP(=O)(CCN1n2cc(C(=O)NCc3ccc(F)cc3F)c(=O)c(O)c2C(=O)N(C)[C@]12CCOC2)OCOC(=O)OC(C)C. The number of amides is 2. The van der Waals surface area contributed by atoms with Crippen LogP contribution in [0.15, 0.2) is 29.2 Å². The number of nitrogens with zero attached hydrogens (tertiary/aromatic N) is 3. The van der Waals surface area contributed by atoms with E-state index in [4.69, 9.17) is 32.7 Å².